The van der Waals surface area contributed by atoms with Crippen LogP contribution in [-0.4, -0.2) is 11.2 Å². The summed E-state index contributed by atoms with van der Waals surface area (Å²) in [6, 6.07) is 2.18. The van der Waals surface area contributed by atoms with E-state index in [1.165, 1.54) is 5.56 Å². The first-order valence-electron chi connectivity index (χ1n) is 4.49. The van der Waals surface area contributed by atoms with Crippen molar-refractivity contribution in [3.8, 4) is 0 Å². The second-order valence-electron chi connectivity index (χ2n) is 3.67. The quantitative estimate of drug-likeness (QED) is 0.708. The topological polar surface area (TPSA) is 20.2 Å². The molecule has 2 rings (SSSR count). The minimum Gasteiger partial charge on any atom is -0.393 e. The van der Waals surface area contributed by atoms with Gasteiger partial charge in [-0.05, 0) is 47.1 Å². The van der Waals surface area contributed by atoms with Gasteiger partial charge >= 0.3 is 0 Å². The monoisotopic (exact) mass is 182 g/mol. The zero-order valence-electron chi connectivity index (χ0n) is 7.23. The molecule has 1 heterocycles. The second kappa shape index (κ2) is 3.19. The van der Waals surface area contributed by atoms with Crippen molar-refractivity contribution in [1.82, 2.24) is 0 Å². The zero-order valence-corrected chi connectivity index (χ0v) is 8.05. The van der Waals surface area contributed by atoms with Gasteiger partial charge in [-0.1, -0.05) is 6.92 Å². The molecule has 66 valence electrons. The normalized spacial score (nSPS) is 35.7. The molecule has 3 atom stereocenters. The Balaban J connectivity index is 2.16. The first kappa shape index (κ1) is 8.27. The molecule has 1 aliphatic carbocycles. The third kappa shape index (κ3) is 1.29. The molecule has 0 spiro atoms. The number of rotatable bonds is 1. The van der Waals surface area contributed by atoms with Gasteiger partial charge in [-0.25, -0.2) is 0 Å². The molecule has 0 amide bonds. The van der Waals surface area contributed by atoms with Gasteiger partial charge in [0.1, 0.15) is 0 Å². The maximum Gasteiger partial charge on any atom is 0.0571 e. The molecule has 0 radical (unpaired) electrons. The highest BCUT2D eigenvalue weighted by atomic mass is 32.1. The molecule has 12 heavy (non-hydrogen) atoms. The van der Waals surface area contributed by atoms with E-state index in [0.29, 0.717) is 11.8 Å². The van der Waals surface area contributed by atoms with Crippen LogP contribution in [0.2, 0.25) is 0 Å². The maximum absolute atomic E-state index is 9.57. The van der Waals surface area contributed by atoms with Gasteiger partial charge < -0.3 is 5.11 Å². The molecule has 2 heteroatoms. The van der Waals surface area contributed by atoms with Gasteiger partial charge in [-0.2, -0.15) is 11.3 Å². The Hall–Kier alpha value is -0.340. The van der Waals surface area contributed by atoms with E-state index in [4.69, 9.17) is 0 Å². The molecule has 1 nitrogen and oxygen atoms in total. The van der Waals surface area contributed by atoms with Crippen LogP contribution >= 0.6 is 11.3 Å². The molecular weight excluding hydrogens is 168 g/mol. The van der Waals surface area contributed by atoms with Crippen LogP contribution in [0.3, 0.4) is 0 Å². The van der Waals surface area contributed by atoms with Crippen molar-refractivity contribution in [3.63, 3.8) is 0 Å². The summed E-state index contributed by atoms with van der Waals surface area (Å²) in [6.07, 6.45) is 2.05. The van der Waals surface area contributed by atoms with Gasteiger partial charge in [-0.15, -0.1) is 0 Å². The third-order valence-electron chi connectivity index (χ3n) is 2.99. The van der Waals surface area contributed by atoms with E-state index in [9.17, 15) is 5.11 Å². The first-order chi connectivity index (χ1) is 5.79. The van der Waals surface area contributed by atoms with Crippen LogP contribution in [-0.2, 0) is 0 Å². The van der Waals surface area contributed by atoms with Crippen LogP contribution < -0.4 is 0 Å². The number of hydrogen-bond acceptors (Lipinski definition) is 2. The van der Waals surface area contributed by atoms with Crippen molar-refractivity contribution in [2.75, 3.05) is 0 Å². The summed E-state index contributed by atoms with van der Waals surface area (Å²) < 4.78 is 0. The minimum atomic E-state index is -0.0742. The highest BCUT2D eigenvalue weighted by Crippen LogP contribution is 2.39. The van der Waals surface area contributed by atoms with Crippen LogP contribution in [0.5, 0.6) is 0 Å². The number of aliphatic hydroxyl groups is 1. The van der Waals surface area contributed by atoms with Gasteiger partial charge in [0.05, 0.1) is 6.10 Å². The highest BCUT2D eigenvalue weighted by Gasteiger charge is 2.32. The SMILES string of the molecule is CC1C(O)CCC1c1ccsc1. The van der Waals surface area contributed by atoms with E-state index in [1.54, 1.807) is 11.3 Å². The van der Waals surface area contributed by atoms with Crippen molar-refractivity contribution in [2.24, 2.45) is 5.92 Å². The van der Waals surface area contributed by atoms with Gasteiger partial charge in [0, 0.05) is 0 Å². The molecule has 1 aromatic heterocycles. The predicted molar refractivity (Wildman–Crippen MR) is 51.5 cm³/mol. The Bertz CT molecular complexity index is 242. The third-order valence-corrected chi connectivity index (χ3v) is 3.69. The van der Waals surface area contributed by atoms with E-state index in [0.717, 1.165) is 12.8 Å². The predicted octanol–water partition coefficient (Wildman–Crippen LogP) is 2.62. The average Bonchev–Trinajstić information content (AvgIpc) is 2.64. The molecule has 1 saturated carbocycles. The van der Waals surface area contributed by atoms with E-state index < -0.39 is 0 Å². The van der Waals surface area contributed by atoms with Crippen LogP contribution in [0.4, 0.5) is 0 Å². The largest absolute Gasteiger partial charge is 0.393 e. The molecule has 1 N–H and O–H groups in total. The van der Waals surface area contributed by atoms with E-state index >= 15 is 0 Å². The van der Waals surface area contributed by atoms with Crippen molar-refractivity contribution < 1.29 is 5.11 Å². The molecule has 3 unspecified atom stereocenters. The number of hydrogen-bond donors (Lipinski definition) is 1. The second-order valence-corrected chi connectivity index (χ2v) is 4.45. The summed E-state index contributed by atoms with van der Waals surface area (Å²) >= 11 is 1.75. The lowest BCUT2D eigenvalue weighted by atomic mass is 9.92. The van der Waals surface area contributed by atoms with Gasteiger partial charge in [0.15, 0.2) is 0 Å². The molecule has 1 fully saturated rings. The average molecular weight is 182 g/mol. The van der Waals surface area contributed by atoms with Gasteiger partial charge in [-0.3, -0.25) is 0 Å². The van der Waals surface area contributed by atoms with Crippen molar-refractivity contribution in [3.05, 3.63) is 22.4 Å². The van der Waals surface area contributed by atoms with E-state index in [2.05, 4.69) is 23.8 Å². The standard InChI is InChI=1S/C10H14OS/c1-7-9(2-3-10(7)11)8-4-5-12-6-8/h4-7,9-11H,2-3H2,1H3. The van der Waals surface area contributed by atoms with Gasteiger partial charge in [0.2, 0.25) is 0 Å². The smallest absolute Gasteiger partial charge is 0.0571 e. The fraction of sp³-hybridized carbons (Fsp3) is 0.600. The lowest BCUT2D eigenvalue weighted by molar-refractivity contribution is 0.136. The lowest BCUT2D eigenvalue weighted by Gasteiger charge is -2.15. The maximum atomic E-state index is 9.57. The van der Waals surface area contributed by atoms with Crippen LogP contribution in [0, 0.1) is 5.92 Å². The Morgan fingerprint density at radius 3 is 2.83 bits per heavy atom. The van der Waals surface area contributed by atoms with Crippen LogP contribution in [0.25, 0.3) is 0 Å². The molecular formula is C10H14OS. The summed E-state index contributed by atoms with van der Waals surface area (Å²) in [5.74, 6) is 1.05. The zero-order chi connectivity index (χ0) is 8.55. The van der Waals surface area contributed by atoms with Crippen molar-refractivity contribution in [2.45, 2.75) is 31.8 Å². The fourth-order valence-corrected chi connectivity index (χ4v) is 2.83. The Morgan fingerprint density at radius 2 is 2.33 bits per heavy atom. The Kier molecular flexibility index (Phi) is 2.20. The highest BCUT2D eigenvalue weighted by molar-refractivity contribution is 7.07. The summed E-state index contributed by atoms with van der Waals surface area (Å²) in [7, 11) is 0. The molecule has 1 aliphatic rings. The first-order valence-corrected chi connectivity index (χ1v) is 5.43. The summed E-state index contributed by atoms with van der Waals surface area (Å²) in [5, 5.41) is 13.9. The molecule has 0 aliphatic heterocycles. The molecule has 0 bridgehead atoms. The van der Waals surface area contributed by atoms with Crippen molar-refractivity contribution in [1.29, 1.82) is 0 Å². The Morgan fingerprint density at radius 1 is 1.50 bits per heavy atom. The van der Waals surface area contributed by atoms with E-state index in [-0.39, 0.29) is 6.10 Å². The van der Waals surface area contributed by atoms with Gasteiger partial charge in [0.25, 0.3) is 0 Å². The van der Waals surface area contributed by atoms with Crippen LogP contribution in [0.15, 0.2) is 16.8 Å². The molecule has 0 aromatic carbocycles. The number of aliphatic hydroxyl groups excluding tert-OH is 1. The number of thiophene rings is 1. The van der Waals surface area contributed by atoms with E-state index in [1.807, 2.05) is 0 Å². The molecule has 1 aromatic rings. The fourth-order valence-electron chi connectivity index (χ4n) is 2.10. The van der Waals surface area contributed by atoms with Crippen molar-refractivity contribution >= 4 is 11.3 Å². The summed E-state index contributed by atoms with van der Waals surface area (Å²) in [5.41, 5.74) is 1.42. The van der Waals surface area contributed by atoms with Crippen LogP contribution in [0.1, 0.15) is 31.2 Å². The summed E-state index contributed by atoms with van der Waals surface area (Å²) in [4.78, 5) is 0. The minimum absolute atomic E-state index is 0.0742. The molecule has 0 saturated heterocycles. The Labute approximate surface area is 77.0 Å². The lowest BCUT2D eigenvalue weighted by Crippen LogP contribution is -2.13. The summed E-state index contributed by atoms with van der Waals surface area (Å²) in [6.45, 7) is 2.15.